The van der Waals surface area contributed by atoms with Gasteiger partial charge in [-0.25, -0.2) is 15.0 Å². The summed E-state index contributed by atoms with van der Waals surface area (Å²) >= 11 is 0. The van der Waals surface area contributed by atoms with Crippen molar-refractivity contribution in [3.8, 4) is 78.7 Å². The van der Waals surface area contributed by atoms with Crippen LogP contribution in [0.5, 0.6) is 0 Å². The molecule has 0 saturated heterocycles. The fourth-order valence-corrected chi connectivity index (χ4v) is 5.65. The zero-order valence-electron chi connectivity index (χ0n) is 25.7. The van der Waals surface area contributed by atoms with Crippen molar-refractivity contribution in [1.29, 1.82) is 0 Å². The first-order chi connectivity index (χ1) is 23.8. The Morgan fingerprint density at radius 1 is 0.208 bits per heavy atom. The topological polar surface area (TPSA) is 90.2 Å². The van der Waals surface area contributed by atoms with Crippen LogP contribution in [-0.4, -0.2) is 34.9 Å². The predicted molar refractivity (Wildman–Crippen MR) is 189 cm³/mol. The van der Waals surface area contributed by atoms with E-state index in [-0.39, 0.29) is 0 Å². The molecule has 5 aromatic heterocycles. The molecule has 0 amide bonds. The highest BCUT2D eigenvalue weighted by Crippen LogP contribution is 2.34. The van der Waals surface area contributed by atoms with Crippen molar-refractivity contribution in [2.45, 2.75) is 0 Å². The molecule has 0 aliphatic rings. The molecule has 0 aliphatic heterocycles. The minimum atomic E-state index is 0.581. The van der Waals surface area contributed by atoms with Crippen molar-refractivity contribution < 1.29 is 0 Å². The van der Waals surface area contributed by atoms with Crippen LogP contribution in [0, 0.1) is 0 Å². The molecule has 8 aromatic rings. The summed E-state index contributed by atoms with van der Waals surface area (Å²) in [6.07, 6.45) is 14.4. The number of benzene rings is 3. The van der Waals surface area contributed by atoms with E-state index >= 15 is 0 Å². The monoisotopic (exact) mass is 617 g/mol. The van der Waals surface area contributed by atoms with E-state index in [1.165, 1.54) is 0 Å². The molecule has 7 nitrogen and oxygen atoms in total. The van der Waals surface area contributed by atoms with Gasteiger partial charge < -0.3 is 0 Å². The Labute approximate surface area is 277 Å². The van der Waals surface area contributed by atoms with E-state index in [0.29, 0.717) is 17.5 Å². The highest BCUT2D eigenvalue weighted by Gasteiger charge is 2.15. The van der Waals surface area contributed by atoms with Gasteiger partial charge in [-0.3, -0.25) is 19.9 Å². The molecule has 0 bridgehead atoms. The summed E-state index contributed by atoms with van der Waals surface area (Å²) in [5.41, 5.74) is 11.2. The third kappa shape index (κ3) is 6.08. The van der Waals surface area contributed by atoms with Crippen LogP contribution in [-0.2, 0) is 0 Å². The van der Waals surface area contributed by atoms with Crippen LogP contribution in [0.15, 0.2) is 165 Å². The van der Waals surface area contributed by atoms with Crippen LogP contribution in [0.25, 0.3) is 78.7 Å². The Kier molecular flexibility index (Phi) is 7.74. The number of rotatable bonds is 7. The van der Waals surface area contributed by atoms with Gasteiger partial charge in [-0.05, 0) is 111 Å². The minimum Gasteiger partial charge on any atom is -0.265 e. The Bertz CT molecular complexity index is 2140. The fraction of sp³-hybridized carbons (Fsp3) is 0. The van der Waals surface area contributed by atoms with E-state index in [1.54, 1.807) is 49.6 Å². The Morgan fingerprint density at radius 3 is 0.771 bits per heavy atom. The van der Waals surface area contributed by atoms with E-state index in [0.717, 1.165) is 61.2 Å². The van der Waals surface area contributed by atoms with Gasteiger partial charge in [0, 0.05) is 66.3 Å². The lowest BCUT2D eigenvalue weighted by molar-refractivity contribution is 1.07. The molecular formula is C41H27N7. The highest BCUT2D eigenvalue weighted by atomic mass is 15.0. The Balaban J connectivity index is 1.28. The van der Waals surface area contributed by atoms with Crippen LogP contribution in [0.1, 0.15) is 0 Å². The summed E-state index contributed by atoms with van der Waals surface area (Å²) < 4.78 is 0. The largest absolute Gasteiger partial charge is 0.265 e. The molecule has 226 valence electrons. The van der Waals surface area contributed by atoms with Gasteiger partial charge in [0.1, 0.15) is 0 Å². The van der Waals surface area contributed by atoms with E-state index < -0.39 is 0 Å². The smallest absolute Gasteiger partial charge is 0.164 e. The summed E-state index contributed by atoms with van der Waals surface area (Å²) in [6.45, 7) is 0. The summed E-state index contributed by atoms with van der Waals surface area (Å²) in [7, 11) is 0. The number of nitrogens with zero attached hydrogens (tertiary/aromatic N) is 7. The van der Waals surface area contributed by atoms with Crippen molar-refractivity contribution in [2.24, 2.45) is 0 Å². The molecule has 0 fully saturated rings. The normalized spacial score (nSPS) is 10.9. The molecule has 5 heterocycles. The minimum absolute atomic E-state index is 0.581. The third-order valence-corrected chi connectivity index (χ3v) is 8.17. The summed E-state index contributed by atoms with van der Waals surface area (Å²) in [5.74, 6) is 1.76. The van der Waals surface area contributed by atoms with Crippen LogP contribution >= 0.6 is 0 Å². The van der Waals surface area contributed by atoms with Gasteiger partial charge >= 0.3 is 0 Å². The quantitative estimate of drug-likeness (QED) is 0.176. The van der Waals surface area contributed by atoms with Crippen molar-refractivity contribution >= 4 is 0 Å². The zero-order chi connectivity index (χ0) is 32.1. The average molecular weight is 618 g/mol. The molecule has 0 unspecified atom stereocenters. The van der Waals surface area contributed by atoms with Gasteiger partial charge in [-0.1, -0.05) is 48.5 Å². The Morgan fingerprint density at radius 2 is 0.438 bits per heavy atom. The maximum atomic E-state index is 5.07. The van der Waals surface area contributed by atoms with E-state index in [1.807, 2.05) is 48.5 Å². The first kappa shape index (κ1) is 28.7. The van der Waals surface area contributed by atoms with Crippen molar-refractivity contribution in [1.82, 2.24) is 34.9 Å². The third-order valence-electron chi connectivity index (χ3n) is 8.17. The van der Waals surface area contributed by atoms with Crippen LogP contribution in [0.3, 0.4) is 0 Å². The molecule has 0 N–H and O–H groups in total. The lowest BCUT2D eigenvalue weighted by Crippen LogP contribution is -2.01. The molecule has 0 radical (unpaired) electrons. The number of hydrogen-bond acceptors (Lipinski definition) is 7. The van der Waals surface area contributed by atoms with Crippen molar-refractivity contribution in [3.63, 3.8) is 0 Å². The summed E-state index contributed by atoms with van der Waals surface area (Å²) in [4.78, 5) is 31.9. The molecule has 7 heteroatoms. The molecular weight excluding hydrogens is 591 g/mol. The van der Waals surface area contributed by atoms with Crippen LogP contribution in [0.2, 0.25) is 0 Å². The number of pyridine rings is 4. The number of hydrogen-bond donors (Lipinski definition) is 0. The fourth-order valence-electron chi connectivity index (χ4n) is 5.65. The second-order valence-corrected chi connectivity index (χ2v) is 11.2. The van der Waals surface area contributed by atoms with Crippen molar-refractivity contribution in [2.75, 3.05) is 0 Å². The SMILES string of the molecule is c1cc(-c2ccc(-c3nc(-c4ccc(-c5ccncc5)cc4)nc(-c4cc(-c5ccncc5)cc(-c5ccncc5)c4)n3)cc2)ccn1. The van der Waals surface area contributed by atoms with Gasteiger partial charge in [0.25, 0.3) is 0 Å². The summed E-state index contributed by atoms with van der Waals surface area (Å²) in [6, 6.07) is 39.0. The molecule has 0 atom stereocenters. The molecule has 3 aromatic carbocycles. The standard InChI is InChI=1S/C41H27N7/c1-5-34(6-2-28(1)30-9-17-42-18-10-30)39-46-40(35-7-3-29(4-8-35)31-11-19-43-20-12-31)48-41(47-39)38-26-36(32-13-21-44-22-14-32)25-37(27-38)33-15-23-45-24-16-33/h1-27H. The van der Waals surface area contributed by atoms with Crippen LogP contribution < -0.4 is 0 Å². The van der Waals surface area contributed by atoms with Gasteiger partial charge in [0.05, 0.1) is 0 Å². The lowest BCUT2D eigenvalue weighted by atomic mass is 9.96. The van der Waals surface area contributed by atoms with Crippen LogP contribution in [0.4, 0.5) is 0 Å². The first-order valence-corrected chi connectivity index (χ1v) is 15.5. The predicted octanol–water partition coefficient (Wildman–Crippen LogP) is 9.12. The molecule has 0 spiro atoms. The molecule has 8 rings (SSSR count). The van der Waals surface area contributed by atoms with Gasteiger partial charge in [-0.15, -0.1) is 0 Å². The lowest BCUT2D eigenvalue weighted by Gasteiger charge is -2.13. The van der Waals surface area contributed by atoms with Gasteiger partial charge in [-0.2, -0.15) is 0 Å². The molecule has 0 aliphatic carbocycles. The second-order valence-electron chi connectivity index (χ2n) is 11.2. The second kappa shape index (κ2) is 12.9. The molecule has 0 saturated carbocycles. The Hall–Kier alpha value is -6.73. The van der Waals surface area contributed by atoms with E-state index in [2.05, 4.69) is 86.7 Å². The maximum absolute atomic E-state index is 5.07. The highest BCUT2D eigenvalue weighted by molar-refractivity contribution is 5.80. The molecule has 48 heavy (non-hydrogen) atoms. The van der Waals surface area contributed by atoms with E-state index in [9.17, 15) is 0 Å². The van der Waals surface area contributed by atoms with Crippen molar-refractivity contribution in [3.05, 3.63) is 165 Å². The first-order valence-electron chi connectivity index (χ1n) is 15.5. The summed E-state index contributed by atoms with van der Waals surface area (Å²) in [5, 5.41) is 0. The van der Waals surface area contributed by atoms with Gasteiger partial charge in [0.15, 0.2) is 17.5 Å². The maximum Gasteiger partial charge on any atom is 0.164 e. The van der Waals surface area contributed by atoms with Gasteiger partial charge in [0.2, 0.25) is 0 Å². The van der Waals surface area contributed by atoms with E-state index in [4.69, 9.17) is 15.0 Å². The zero-order valence-corrected chi connectivity index (χ0v) is 25.7. The average Bonchev–Trinajstić information content (AvgIpc) is 3.19. The number of aromatic nitrogens is 7.